The largest absolute Gasteiger partial charge is 0.385 e. The standard InChI is InChI=1S/C12H18ClNOS/c1-15-7-2-8-16-12-4-3-10(5-6-14)9-11(12)13/h3-4,9H,2,5-8,14H2,1H3. The molecule has 0 saturated carbocycles. The van der Waals surface area contributed by atoms with E-state index in [0.29, 0.717) is 6.54 Å². The van der Waals surface area contributed by atoms with Crippen molar-refractivity contribution in [2.45, 2.75) is 17.7 Å². The number of methoxy groups -OCH3 is 1. The molecule has 0 spiro atoms. The van der Waals surface area contributed by atoms with E-state index in [9.17, 15) is 0 Å². The van der Waals surface area contributed by atoms with Gasteiger partial charge in [0.25, 0.3) is 0 Å². The van der Waals surface area contributed by atoms with Gasteiger partial charge in [0.15, 0.2) is 0 Å². The van der Waals surface area contributed by atoms with Crippen LogP contribution < -0.4 is 5.73 Å². The predicted molar refractivity (Wildman–Crippen MR) is 71.4 cm³/mol. The zero-order valence-corrected chi connectivity index (χ0v) is 11.1. The second-order valence-corrected chi connectivity index (χ2v) is 5.04. The molecular weight excluding hydrogens is 242 g/mol. The first-order chi connectivity index (χ1) is 7.77. The second kappa shape index (κ2) is 7.96. The molecule has 0 saturated heterocycles. The van der Waals surface area contributed by atoms with Gasteiger partial charge < -0.3 is 10.5 Å². The number of hydrogen-bond donors (Lipinski definition) is 1. The highest BCUT2D eigenvalue weighted by Gasteiger charge is 2.02. The Morgan fingerprint density at radius 2 is 2.25 bits per heavy atom. The molecule has 0 aliphatic heterocycles. The molecular formula is C12H18ClNOS. The average Bonchev–Trinajstić information content (AvgIpc) is 2.27. The molecule has 4 heteroatoms. The van der Waals surface area contributed by atoms with Gasteiger partial charge >= 0.3 is 0 Å². The molecule has 0 amide bonds. The highest BCUT2D eigenvalue weighted by atomic mass is 35.5. The van der Waals surface area contributed by atoms with Crippen molar-refractivity contribution in [1.82, 2.24) is 0 Å². The van der Waals surface area contributed by atoms with Crippen molar-refractivity contribution >= 4 is 23.4 Å². The SMILES string of the molecule is COCCCSc1ccc(CCN)cc1Cl. The highest BCUT2D eigenvalue weighted by molar-refractivity contribution is 7.99. The quantitative estimate of drug-likeness (QED) is 0.604. The first-order valence-corrected chi connectivity index (χ1v) is 6.74. The lowest BCUT2D eigenvalue weighted by Crippen LogP contribution is -2.02. The molecule has 2 nitrogen and oxygen atoms in total. The molecule has 0 aliphatic rings. The summed E-state index contributed by atoms with van der Waals surface area (Å²) in [5, 5.41) is 0.827. The fourth-order valence-corrected chi connectivity index (χ4v) is 2.58. The summed E-state index contributed by atoms with van der Waals surface area (Å²) < 4.78 is 5.00. The van der Waals surface area contributed by atoms with Crippen LogP contribution in [0.3, 0.4) is 0 Å². The van der Waals surface area contributed by atoms with Gasteiger partial charge in [-0.05, 0) is 37.1 Å². The van der Waals surface area contributed by atoms with Crippen molar-refractivity contribution < 1.29 is 4.74 Å². The third-order valence-electron chi connectivity index (χ3n) is 2.18. The van der Waals surface area contributed by atoms with Crippen molar-refractivity contribution in [2.24, 2.45) is 5.73 Å². The van der Waals surface area contributed by atoms with E-state index in [1.54, 1.807) is 18.9 Å². The molecule has 1 aromatic rings. The predicted octanol–water partition coefficient (Wildman–Crippen LogP) is 2.97. The van der Waals surface area contributed by atoms with Crippen LogP contribution >= 0.6 is 23.4 Å². The summed E-state index contributed by atoms with van der Waals surface area (Å²) in [6.45, 7) is 1.46. The molecule has 2 N–H and O–H groups in total. The van der Waals surface area contributed by atoms with Gasteiger partial charge in [0, 0.05) is 24.4 Å². The van der Waals surface area contributed by atoms with Crippen LogP contribution in [-0.2, 0) is 11.2 Å². The summed E-state index contributed by atoms with van der Waals surface area (Å²) in [5.74, 6) is 1.03. The molecule has 0 aromatic heterocycles. The monoisotopic (exact) mass is 259 g/mol. The number of halogens is 1. The Balaban J connectivity index is 2.47. The zero-order chi connectivity index (χ0) is 11.8. The normalized spacial score (nSPS) is 10.7. The number of hydrogen-bond acceptors (Lipinski definition) is 3. The number of ether oxygens (including phenoxy) is 1. The summed E-state index contributed by atoms with van der Waals surface area (Å²) in [6, 6.07) is 6.18. The Bertz CT molecular complexity index is 320. The maximum Gasteiger partial charge on any atom is 0.0544 e. The first kappa shape index (κ1) is 13.8. The van der Waals surface area contributed by atoms with Crippen molar-refractivity contribution in [3.63, 3.8) is 0 Å². The van der Waals surface area contributed by atoms with Crippen LogP contribution in [0.25, 0.3) is 0 Å². The maximum absolute atomic E-state index is 6.19. The average molecular weight is 260 g/mol. The van der Waals surface area contributed by atoms with E-state index in [1.807, 2.05) is 6.07 Å². The van der Waals surface area contributed by atoms with Crippen LogP contribution in [0, 0.1) is 0 Å². The van der Waals surface area contributed by atoms with Crippen LogP contribution in [0.5, 0.6) is 0 Å². The Kier molecular flexibility index (Phi) is 6.88. The third kappa shape index (κ3) is 4.74. The number of thioether (sulfide) groups is 1. The summed E-state index contributed by atoms with van der Waals surface area (Å²) in [7, 11) is 1.72. The van der Waals surface area contributed by atoms with Crippen molar-refractivity contribution in [1.29, 1.82) is 0 Å². The van der Waals surface area contributed by atoms with E-state index in [2.05, 4.69) is 12.1 Å². The van der Waals surface area contributed by atoms with Crippen LogP contribution in [-0.4, -0.2) is 26.0 Å². The highest BCUT2D eigenvalue weighted by Crippen LogP contribution is 2.28. The van der Waals surface area contributed by atoms with Crippen molar-refractivity contribution in [3.05, 3.63) is 28.8 Å². The lowest BCUT2D eigenvalue weighted by atomic mass is 10.1. The van der Waals surface area contributed by atoms with Crippen LogP contribution in [0.15, 0.2) is 23.1 Å². The summed E-state index contributed by atoms with van der Waals surface area (Å²) in [4.78, 5) is 1.14. The first-order valence-electron chi connectivity index (χ1n) is 5.38. The lowest BCUT2D eigenvalue weighted by molar-refractivity contribution is 0.200. The number of benzene rings is 1. The Morgan fingerprint density at radius 3 is 2.88 bits per heavy atom. The van der Waals surface area contributed by atoms with Gasteiger partial charge in [-0.25, -0.2) is 0 Å². The Morgan fingerprint density at radius 1 is 1.44 bits per heavy atom. The van der Waals surface area contributed by atoms with Gasteiger partial charge in [-0.3, -0.25) is 0 Å². The molecule has 0 aliphatic carbocycles. The van der Waals surface area contributed by atoms with Gasteiger partial charge in [-0.2, -0.15) is 0 Å². The molecule has 0 radical (unpaired) electrons. The van der Waals surface area contributed by atoms with E-state index in [0.717, 1.165) is 35.1 Å². The fourth-order valence-electron chi connectivity index (χ4n) is 1.37. The topological polar surface area (TPSA) is 35.2 Å². The van der Waals surface area contributed by atoms with E-state index in [-0.39, 0.29) is 0 Å². The van der Waals surface area contributed by atoms with E-state index in [4.69, 9.17) is 22.1 Å². The van der Waals surface area contributed by atoms with Crippen LogP contribution in [0.4, 0.5) is 0 Å². The summed E-state index contributed by atoms with van der Waals surface area (Å²) >= 11 is 7.96. The zero-order valence-electron chi connectivity index (χ0n) is 9.54. The van der Waals surface area contributed by atoms with Crippen LogP contribution in [0.1, 0.15) is 12.0 Å². The second-order valence-electron chi connectivity index (χ2n) is 3.50. The molecule has 0 heterocycles. The summed E-state index contributed by atoms with van der Waals surface area (Å²) in [5.41, 5.74) is 6.70. The lowest BCUT2D eigenvalue weighted by Gasteiger charge is -2.06. The van der Waals surface area contributed by atoms with Crippen LogP contribution in [0.2, 0.25) is 5.02 Å². The Labute approximate surface area is 107 Å². The summed E-state index contributed by atoms with van der Waals surface area (Å²) in [6.07, 6.45) is 1.93. The molecule has 90 valence electrons. The molecule has 0 bridgehead atoms. The van der Waals surface area contributed by atoms with Gasteiger partial charge in [-0.15, -0.1) is 11.8 Å². The molecule has 0 atom stereocenters. The van der Waals surface area contributed by atoms with E-state index < -0.39 is 0 Å². The van der Waals surface area contributed by atoms with Gasteiger partial charge in [0.05, 0.1) is 5.02 Å². The maximum atomic E-state index is 6.19. The van der Waals surface area contributed by atoms with Crippen molar-refractivity contribution in [3.8, 4) is 0 Å². The van der Waals surface area contributed by atoms with E-state index >= 15 is 0 Å². The minimum absolute atomic E-state index is 0.663. The van der Waals surface area contributed by atoms with E-state index in [1.165, 1.54) is 5.56 Å². The van der Waals surface area contributed by atoms with Gasteiger partial charge in [0.1, 0.15) is 0 Å². The molecule has 1 rings (SSSR count). The van der Waals surface area contributed by atoms with Crippen molar-refractivity contribution in [2.75, 3.05) is 26.0 Å². The van der Waals surface area contributed by atoms with Gasteiger partial charge in [0.2, 0.25) is 0 Å². The molecule has 0 unspecified atom stereocenters. The minimum Gasteiger partial charge on any atom is -0.385 e. The molecule has 0 fully saturated rings. The molecule has 1 aromatic carbocycles. The molecule has 16 heavy (non-hydrogen) atoms. The van der Waals surface area contributed by atoms with Gasteiger partial charge in [-0.1, -0.05) is 17.7 Å². The number of nitrogens with two attached hydrogens (primary N) is 1. The Hall–Kier alpha value is -0.220. The third-order valence-corrected chi connectivity index (χ3v) is 3.76. The minimum atomic E-state index is 0.663. The number of rotatable bonds is 7. The fraction of sp³-hybridized carbons (Fsp3) is 0.500. The smallest absolute Gasteiger partial charge is 0.0544 e.